The minimum Gasteiger partial charge on any atom is -0.497 e. The Kier molecular flexibility index (Phi) is 5.06. The van der Waals surface area contributed by atoms with Crippen molar-refractivity contribution in [1.29, 1.82) is 0 Å². The molecule has 0 fully saturated rings. The summed E-state index contributed by atoms with van der Waals surface area (Å²) in [6.45, 7) is 0. The van der Waals surface area contributed by atoms with Crippen molar-refractivity contribution >= 4 is 0 Å². The molecule has 0 aliphatic heterocycles. The van der Waals surface area contributed by atoms with Gasteiger partial charge in [0.25, 0.3) is 0 Å². The van der Waals surface area contributed by atoms with Gasteiger partial charge in [-0.15, -0.1) is 0 Å². The zero-order valence-electron chi connectivity index (χ0n) is 12.5. The molecule has 2 aromatic carbocycles. The van der Waals surface area contributed by atoms with E-state index in [2.05, 4.69) is 0 Å². The van der Waals surface area contributed by atoms with E-state index in [0.717, 1.165) is 16.9 Å². The highest BCUT2D eigenvalue weighted by molar-refractivity contribution is 5.40. The van der Waals surface area contributed by atoms with Gasteiger partial charge in [0.15, 0.2) is 0 Å². The first-order valence-electron chi connectivity index (χ1n) is 6.70. The van der Waals surface area contributed by atoms with Crippen molar-refractivity contribution in [3.63, 3.8) is 0 Å². The maximum absolute atomic E-state index is 10.4. The van der Waals surface area contributed by atoms with E-state index in [0.29, 0.717) is 17.9 Å². The van der Waals surface area contributed by atoms with Crippen molar-refractivity contribution in [2.24, 2.45) is 0 Å². The zero-order valence-corrected chi connectivity index (χ0v) is 12.5. The van der Waals surface area contributed by atoms with Crippen LogP contribution in [-0.4, -0.2) is 26.4 Å². The van der Waals surface area contributed by atoms with E-state index in [4.69, 9.17) is 14.2 Å². The maximum Gasteiger partial charge on any atom is 0.122 e. The van der Waals surface area contributed by atoms with Crippen molar-refractivity contribution in [3.05, 3.63) is 53.6 Å². The summed E-state index contributed by atoms with van der Waals surface area (Å²) in [7, 11) is 4.81. The smallest absolute Gasteiger partial charge is 0.122 e. The molecule has 0 spiro atoms. The molecular weight excluding hydrogens is 268 g/mol. The van der Waals surface area contributed by atoms with Crippen LogP contribution in [0.15, 0.2) is 42.5 Å². The average molecular weight is 288 g/mol. The number of rotatable bonds is 6. The highest BCUT2D eigenvalue weighted by atomic mass is 16.5. The highest BCUT2D eigenvalue weighted by Crippen LogP contribution is 2.28. The minimum atomic E-state index is -0.623. The molecule has 1 N–H and O–H groups in total. The van der Waals surface area contributed by atoms with Crippen molar-refractivity contribution in [1.82, 2.24) is 0 Å². The van der Waals surface area contributed by atoms with Gasteiger partial charge < -0.3 is 19.3 Å². The van der Waals surface area contributed by atoms with Crippen LogP contribution >= 0.6 is 0 Å². The van der Waals surface area contributed by atoms with Gasteiger partial charge in [-0.1, -0.05) is 12.1 Å². The van der Waals surface area contributed by atoms with Crippen LogP contribution < -0.4 is 14.2 Å². The van der Waals surface area contributed by atoms with Crippen LogP contribution in [-0.2, 0) is 6.42 Å². The second-order valence-electron chi connectivity index (χ2n) is 4.71. The van der Waals surface area contributed by atoms with Crippen LogP contribution in [0.3, 0.4) is 0 Å². The van der Waals surface area contributed by atoms with Crippen LogP contribution in [0.4, 0.5) is 0 Å². The van der Waals surface area contributed by atoms with Gasteiger partial charge in [0.2, 0.25) is 0 Å². The molecule has 0 aromatic heterocycles. The maximum atomic E-state index is 10.4. The summed E-state index contributed by atoms with van der Waals surface area (Å²) in [6.07, 6.45) is -0.109. The first kappa shape index (κ1) is 15.2. The molecule has 112 valence electrons. The van der Waals surface area contributed by atoms with E-state index in [1.54, 1.807) is 27.4 Å². The van der Waals surface area contributed by atoms with Crippen LogP contribution in [0, 0.1) is 0 Å². The average Bonchev–Trinajstić information content (AvgIpc) is 2.54. The first-order chi connectivity index (χ1) is 10.2. The summed E-state index contributed by atoms with van der Waals surface area (Å²) < 4.78 is 15.6. The third kappa shape index (κ3) is 3.89. The van der Waals surface area contributed by atoms with E-state index in [-0.39, 0.29) is 0 Å². The lowest BCUT2D eigenvalue weighted by Crippen LogP contribution is -2.03. The van der Waals surface area contributed by atoms with Gasteiger partial charge in [0.1, 0.15) is 17.2 Å². The van der Waals surface area contributed by atoms with Gasteiger partial charge in [0, 0.05) is 12.5 Å². The molecule has 0 aliphatic rings. The molecule has 0 heterocycles. The lowest BCUT2D eigenvalue weighted by molar-refractivity contribution is 0.177. The van der Waals surface area contributed by atoms with Crippen molar-refractivity contribution in [3.8, 4) is 17.2 Å². The standard InChI is InChI=1S/C17H20O4/c1-19-14-6-4-12(5-7-14)8-17(18)13-9-15(20-2)11-16(10-13)21-3/h4-7,9-11,17-18H,8H2,1-3H3. The molecule has 4 heteroatoms. The molecule has 21 heavy (non-hydrogen) atoms. The number of aliphatic hydroxyl groups excluding tert-OH is 1. The molecule has 2 rings (SSSR count). The molecule has 0 bridgehead atoms. The monoisotopic (exact) mass is 288 g/mol. The van der Waals surface area contributed by atoms with E-state index in [9.17, 15) is 5.11 Å². The summed E-state index contributed by atoms with van der Waals surface area (Å²) in [5.41, 5.74) is 1.80. The molecule has 0 radical (unpaired) electrons. The van der Waals surface area contributed by atoms with Gasteiger partial charge in [0.05, 0.1) is 27.4 Å². The predicted octanol–water partition coefficient (Wildman–Crippen LogP) is 2.99. The Hall–Kier alpha value is -2.20. The molecule has 2 aromatic rings. The van der Waals surface area contributed by atoms with Crippen LogP contribution in [0.1, 0.15) is 17.2 Å². The topological polar surface area (TPSA) is 47.9 Å². The van der Waals surface area contributed by atoms with Gasteiger partial charge >= 0.3 is 0 Å². The van der Waals surface area contributed by atoms with Gasteiger partial charge in [-0.05, 0) is 35.4 Å². The summed E-state index contributed by atoms with van der Waals surface area (Å²) >= 11 is 0. The summed E-state index contributed by atoms with van der Waals surface area (Å²) in [5, 5.41) is 10.4. The molecule has 0 aliphatic carbocycles. The Balaban J connectivity index is 2.16. The van der Waals surface area contributed by atoms with E-state index in [1.165, 1.54) is 0 Å². The number of methoxy groups -OCH3 is 3. The Morgan fingerprint density at radius 3 is 1.81 bits per heavy atom. The third-order valence-electron chi connectivity index (χ3n) is 3.35. The number of hydrogen-bond acceptors (Lipinski definition) is 4. The van der Waals surface area contributed by atoms with Gasteiger partial charge in [-0.25, -0.2) is 0 Å². The summed E-state index contributed by atoms with van der Waals surface area (Å²) in [6, 6.07) is 13.1. The Morgan fingerprint density at radius 2 is 1.33 bits per heavy atom. The van der Waals surface area contributed by atoms with Crippen LogP contribution in [0.25, 0.3) is 0 Å². The van der Waals surface area contributed by atoms with Crippen molar-refractivity contribution < 1.29 is 19.3 Å². The second-order valence-corrected chi connectivity index (χ2v) is 4.71. The molecular formula is C17H20O4. The number of ether oxygens (including phenoxy) is 3. The van der Waals surface area contributed by atoms with Gasteiger partial charge in [-0.2, -0.15) is 0 Å². The van der Waals surface area contributed by atoms with Gasteiger partial charge in [-0.3, -0.25) is 0 Å². The SMILES string of the molecule is COc1ccc(CC(O)c2cc(OC)cc(OC)c2)cc1. The fourth-order valence-electron chi connectivity index (χ4n) is 2.12. The Morgan fingerprint density at radius 1 is 0.810 bits per heavy atom. The quantitative estimate of drug-likeness (QED) is 0.887. The third-order valence-corrected chi connectivity index (χ3v) is 3.35. The number of aliphatic hydroxyl groups is 1. The molecule has 0 amide bonds. The van der Waals surface area contributed by atoms with E-state index < -0.39 is 6.10 Å². The first-order valence-corrected chi connectivity index (χ1v) is 6.70. The summed E-state index contributed by atoms with van der Waals surface area (Å²) in [4.78, 5) is 0. The normalized spacial score (nSPS) is 11.8. The molecule has 1 unspecified atom stereocenters. The van der Waals surface area contributed by atoms with E-state index >= 15 is 0 Å². The summed E-state index contributed by atoms with van der Waals surface area (Å²) in [5.74, 6) is 2.13. The largest absolute Gasteiger partial charge is 0.497 e. The van der Waals surface area contributed by atoms with E-state index in [1.807, 2.05) is 36.4 Å². The zero-order chi connectivity index (χ0) is 15.2. The predicted molar refractivity (Wildman–Crippen MR) is 81.2 cm³/mol. The number of benzene rings is 2. The Labute approximate surface area is 124 Å². The van der Waals surface area contributed by atoms with Crippen molar-refractivity contribution in [2.45, 2.75) is 12.5 Å². The molecule has 1 atom stereocenters. The lowest BCUT2D eigenvalue weighted by Gasteiger charge is -2.14. The molecule has 0 saturated heterocycles. The highest BCUT2D eigenvalue weighted by Gasteiger charge is 2.12. The fourth-order valence-corrected chi connectivity index (χ4v) is 2.12. The lowest BCUT2D eigenvalue weighted by atomic mass is 10.0. The molecule has 4 nitrogen and oxygen atoms in total. The minimum absolute atomic E-state index is 0.514. The number of hydrogen-bond donors (Lipinski definition) is 1. The second kappa shape index (κ2) is 6.99. The van der Waals surface area contributed by atoms with Crippen LogP contribution in [0.5, 0.6) is 17.2 Å². The van der Waals surface area contributed by atoms with Crippen molar-refractivity contribution in [2.75, 3.05) is 21.3 Å². The molecule has 0 saturated carbocycles. The Bertz CT molecular complexity index is 556. The fraction of sp³-hybridized carbons (Fsp3) is 0.294. The van der Waals surface area contributed by atoms with Crippen LogP contribution in [0.2, 0.25) is 0 Å².